The molecule has 0 aliphatic rings. The second-order valence-corrected chi connectivity index (χ2v) is 6.18. The number of hydrogen-bond acceptors (Lipinski definition) is 5. The van der Waals surface area contributed by atoms with Crippen molar-refractivity contribution >= 4 is 39.1 Å². The van der Waals surface area contributed by atoms with E-state index in [0.717, 1.165) is 28.2 Å². The zero-order valence-corrected chi connectivity index (χ0v) is 15.2. The Morgan fingerprint density at radius 3 is 2.71 bits per heavy atom. The largest absolute Gasteiger partial charge is 0.325 e. The third-order valence-corrected chi connectivity index (χ3v) is 4.26. The normalized spacial score (nSPS) is 10.5. The molecule has 5 nitrogen and oxygen atoms in total. The third kappa shape index (κ3) is 3.71. The molecule has 0 radical (unpaired) electrons. The van der Waals surface area contributed by atoms with Crippen LogP contribution in [0.4, 0.5) is 23.1 Å². The van der Waals surface area contributed by atoms with E-state index in [0.29, 0.717) is 5.95 Å². The van der Waals surface area contributed by atoms with Gasteiger partial charge in [-0.1, -0.05) is 24.3 Å². The minimum atomic E-state index is 0.463. The monoisotopic (exact) mass is 383 g/mol. The summed E-state index contributed by atoms with van der Waals surface area (Å²) >= 11 is 3.51. The molecule has 1 heterocycles. The molecule has 0 aliphatic heterocycles. The molecule has 0 aliphatic carbocycles. The molecule has 1 aromatic heterocycles. The fraction of sp³-hybridized carbons (Fsp3) is 0.167. The maximum absolute atomic E-state index is 4.61. The Kier molecular flexibility index (Phi) is 5.05. The number of benzene rings is 2. The Hall–Kier alpha value is -2.47. The summed E-state index contributed by atoms with van der Waals surface area (Å²) in [4.78, 5) is 6.71. The lowest BCUT2D eigenvalue weighted by Crippen LogP contribution is -2.18. The van der Waals surface area contributed by atoms with E-state index >= 15 is 0 Å². The summed E-state index contributed by atoms with van der Waals surface area (Å²) in [6.45, 7) is 4.96. The fourth-order valence-electron chi connectivity index (χ4n) is 2.43. The summed E-state index contributed by atoms with van der Waals surface area (Å²) in [6, 6.07) is 16.2. The van der Waals surface area contributed by atoms with Crippen LogP contribution in [0.1, 0.15) is 12.5 Å². The molecule has 0 fully saturated rings. The molecule has 3 aromatic rings. The second kappa shape index (κ2) is 7.40. The number of aromatic nitrogens is 3. The summed E-state index contributed by atoms with van der Waals surface area (Å²) in [7, 11) is 0. The van der Waals surface area contributed by atoms with Crippen molar-refractivity contribution in [3.63, 3.8) is 0 Å². The van der Waals surface area contributed by atoms with Gasteiger partial charge in [-0.3, -0.25) is 0 Å². The molecule has 0 unspecified atom stereocenters. The van der Waals surface area contributed by atoms with Gasteiger partial charge in [0.15, 0.2) is 5.82 Å². The predicted molar refractivity (Wildman–Crippen MR) is 101 cm³/mol. The van der Waals surface area contributed by atoms with Gasteiger partial charge in [0.1, 0.15) is 0 Å². The van der Waals surface area contributed by atoms with E-state index in [1.165, 1.54) is 5.56 Å². The van der Waals surface area contributed by atoms with E-state index in [-0.39, 0.29) is 0 Å². The van der Waals surface area contributed by atoms with Crippen LogP contribution in [-0.2, 0) is 0 Å². The highest BCUT2D eigenvalue weighted by molar-refractivity contribution is 9.10. The van der Waals surface area contributed by atoms with Crippen LogP contribution in [0.2, 0.25) is 0 Å². The summed E-state index contributed by atoms with van der Waals surface area (Å²) < 4.78 is 0.949. The van der Waals surface area contributed by atoms with E-state index in [9.17, 15) is 0 Å². The molecule has 0 saturated heterocycles. The number of nitrogens with zero attached hydrogens (tertiary/aromatic N) is 4. The molecular formula is C18H18BrN5. The Bertz CT molecular complexity index is 837. The Labute approximate surface area is 149 Å². The van der Waals surface area contributed by atoms with Crippen LogP contribution >= 0.6 is 15.9 Å². The van der Waals surface area contributed by atoms with Gasteiger partial charge >= 0.3 is 0 Å². The molecular weight excluding hydrogens is 366 g/mol. The number of para-hydroxylation sites is 1. The molecule has 1 N–H and O–H groups in total. The van der Waals surface area contributed by atoms with Gasteiger partial charge in [0.2, 0.25) is 5.95 Å². The summed E-state index contributed by atoms with van der Waals surface area (Å²) in [5, 5.41) is 11.4. The Balaban J connectivity index is 1.90. The molecule has 0 amide bonds. The van der Waals surface area contributed by atoms with Crippen molar-refractivity contribution in [2.45, 2.75) is 13.8 Å². The number of hydrogen-bond donors (Lipinski definition) is 1. The first-order valence-electron chi connectivity index (χ1n) is 7.73. The van der Waals surface area contributed by atoms with Crippen LogP contribution in [0.3, 0.4) is 0 Å². The first-order chi connectivity index (χ1) is 11.7. The summed E-state index contributed by atoms with van der Waals surface area (Å²) in [6.07, 6.45) is 1.68. The van der Waals surface area contributed by atoms with Crippen molar-refractivity contribution in [1.29, 1.82) is 0 Å². The van der Waals surface area contributed by atoms with E-state index in [2.05, 4.69) is 73.4 Å². The first-order valence-corrected chi connectivity index (χ1v) is 8.52. The predicted octanol–water partition coefficient (Wildman–Crippen LogP) is 4.84. The molecule has 24 heavy (non-hydrogen) atoms. The summed E-state index contributed by atoms with van der Waals surface area (Å²) in [5.41, 5.74) is 3.19. The summed E-state index contributed by atoms with van der Waals surface area (Å²) in [5.74, 6) is 1.22. The van der Waals surface area contributed by atoms with Crippen molar-refractivity contribution in [3.05, 3.63) is 64.8 Å². The van der Waals surface area contributed by atoms with Gasteiger partial charge in [-0.2, -0.15) is 10.1 Å². The van der Waals surface area contributed by atoms with E-state index in [4.69, 9.17) is 0 Å². The number of halogens is 1. The Morgan fingerprint density at radius 2 is 1.96 bits per heavy atom. The Morgan fingerprint density at radius 1 is 1.12 bits per heavy atom. The maximum Gasteiger partial charge on any atom is 0.249 e. The quantitative estimate of drug-likeness (QED) is 0.682. The zero-order valence-electron chi connectivity index (χ0n) is 13.6. The highest BCUT2D eigenvalue weighted by Gasteiger charge is 2.11. The SMILES string of the molecule is CCN(c1cccc(C)c1)c1cnnc(Nc2ccccc2Br)n1. The average Bonchev–Trinajstić information content (AvgIpc) is 2.58. The topological polar surface area (TPSA) is 53.9 Å². The molecule has 0 bridgehead atoms. The third-order valence-electron chi connectivity index (χ3n) is 3.57. The molecule has 0 atom stereocenters. The standard InChI is InChI=1S/C18H18BrN5/c1-3-24(14-8-6-7-13(2)11-14)17-12-20-23-18(22-17)21-16-10-5-4-9-15(16)19/h4-12H,3H2,1-2H3,(H,21,22,23). The van der Waals surface area contributed by atoms with E-state index < -0.39 is 0 Å². The van der Waals surface area contributed by atoms with Crippen molar-refractivity contribution in [1.82, 2.24) is 15.2 Å². The van der Waals surface area contributed by atoms with Gasteiger partial charge in [0.05, 0.1) is 11.9 Å². The van der Waals surface area contributed by atoms with Gasteiger partial charge in [-0.25, -0.2) is 0 Å². The van der Waals surface area contributed by atoms with Gasteiger partial charge in [0.25, 0.3) is 0 Å². The van der Waals surface area contributed by atoms with Crippen LogP contribution in [0.15, 0.2) is 59.2 Å². The van der Waals surface area contributed by atoms with Crippen LogP contribution in [0.5, 0.6) is 0 Å². The number of anilines is 4. The lowest BCUT2D eigenvalue weighted by molar-refractivity contribution is 0.921. The van der Waals surface area contributed by atoms with Gasteiger partial charge in [-0.15, -0.1) is 5.10 Å². The fourth-order valence-corrected chi connectivity index (χ4v) is 2.82. The molecule has 0 spiro atoms. The molecule has 2 aromatic carbocycles. The van der Waals surface area contributed by atoms with Gasteiger partial charge in [-0.05, 0) is 59.6 Å². The van der Waals surface area contributed by atoms with Crippen LogP contribution in [0.25, 0.3) is 0 Å². The highest BCUT2D eigenvalue weighted by atomic mass is 79.9. The lowest BCUT2D eigenvalue weighted by Gasteiger charge is -2.22. The molecule has 6 heteroatoms. The van der Waals surface area contributed by atoms with Crippen LogP contribution in [-0.4, -0.2) is 21.7 Å². The van der Waals surface area contributed by atoms with Crippen molar-refractivity contribution in [2.24, 2.45) is 0 Å². The number of nitrogens with one attached hydrogen (secondary N) is 1. The van der Waals surface area contributed by atoms with Crippen LogP contribution < -0.4 is 10.2 Å². The highest BCUT2D eigenvalue weighted by Crippen LogP contribution is 2.26. The number of aryl methyl sites for hydroxylation is 1. The molecule has 3 rings (SSSR count). The second-order valence-electron chi connectivity index (χ2n) is 5.33. The van der Waals surface area contributed by atoms with Gasteiger partial charge < -0.3 is 10.2 Å². The van der Waals surface area contributed by atoms with Crippen molar-refractivity contribution in [3.8, 4) is 0 Å². The van der Waals surface area contributed by atoms with Gasteiger partial charge in [0, 0.05) is 16.7 Å². The molecule has 122 valence electrons. The zero-order chi connectivity index (χ0) is 16.9. The van der Waals surface area contributed by atoms with E-state index in [1.54, 1.807) is 6.20 Å². The smallest absolute Gasteiger partial charge is 0.249 e. The lowest BCUT2D eigenvalue weighted by atomic mass is 10.2. The minimum absolute atomic E-state index is 0.463. The average molecular weight is 384 g/mol. The van der Waals surface area contributed by atoms with E-state index in [1.807, 2.05) is 30.3 Å². The number of rotatable bonds is 5. The van der Waals surface area contributed by atoms with Crippen molar-refractivity contribution < 1.29 is 0 Å². The first kappa shape index (κ1) is 16.4. The minimum Gasteiger partial charge on any atom is -0.325 e. The molecule has 0 saturated carbocycles. The van der Waals surface area contributed by atoms with Crippen LogP contribution in [0, 0.1) is 6.92 Å². The van der Waals surface area contributed by atoms with Crippen molar-refractivity contribution in [2.75, 3.05) is 16.8 Å². The maximum atomic E-state index is 4.61.